The molecule has 5 heteroatoms. The van der Waals surface area contributed by atoms with Crippen LogP contribution in [0.3, 0.4) is 0 Å². The van der Waals surface area contributed by atoms with Gasteiger partial charge in [0.2, 0.25) is 0 Å². The van der Waals surface area contributed by atoms with E-state index < -0.39 is 5.97 Å². The van der Waals surface area contributed by atoms with Gasteiger partial charge in [0, 0.05) is 25.0 Å². The summed E-state index contributed by atoms with van der Waals surface area (Å²) in [7, 11) is 0. The number of imidazole rings is 1. The van der Waals surface area contributed by atoms with Crippen LogP contribution in [0.5, 0.6) is 0 Å². The third-order valence-corrected chi connectivity index (χ3v) is 4.03. The second-order valence-electron chi connectivity index (χ2n) is 5.34. The Bertz CT molecular complexity index is 663. The standard InChI is InChI=1S/C16H19N3O2/c1-2-18-11-17-9-14(18)10-19-7-3-4-12-8-13(16(20)21)5-6-15(12)19/h5-6,8-9,11H,2-4,7,10H2,1H3,(H,20,21). The van der Waals surface area contributed by atoms with E-state index in [1.54, 1.807) is 12.1 Å². The lowest BCUT2D eigenvalue weighted by atomic mass is 9.99. The molecule has 0 aliphatic carbocycles. The maximum Gasteiger partial charge on any atom is 0.335 e. The molecule has 0 bridgehead atoms. The minimum atomic E-state index is -0.862. The number of hydrogen-bond donors (Lipinski definition) is 1. The SMILES string of the molecule is CCn1cncc1CN1CCCc2cc(C(=O)O)ccc21. The lowest BCUT2D eigenvalue weighted by Gasteiger charge is -2.31. The van der Waals surface area contributed by atoms with Crippen molar-refractivity contribution in [1.82, 2.24) is 9.55 Å². The highest BCUT2D eigenvalue weighted by Gasteiger charge is 2.19. The van der Waals surface area contributed by atoms with E-state index in [1.807, 2.05) is 18.6 Å². The summed E-state index contributed by atoms with van der Waals surface area (Å²) < 4.78 is 2.14. The first-order valence-electron chi connectivity index (χ1n) is 7.29. The van der Waals surface area contributed by atoms with E-state index in [2.05, 4.69) is 21.4 Å². The molecule has 0 spiro atoms. The molecule has 21 heavy (non-hydrogen) atoms. The Hall–Kier alpha value is -2.30. The number of anilines is 1. The molecule has 1 aromatic carbocycles. The first kappa shape index (κ1) is 13.7. The Morgan fingerprint density at radius 1 is 1.43 bits per heavy atom. The molecule has 5 nitrogen and oxygen atoms in total. The lowest BCUT2D eigenvalue weighted by molar-refractivity contribution is 0.0697. The van der Waals surface area contributed by atoms with Crippen LogP contribution in [-0.2, 0) is 19.5 Å². The van der Waals surface area contributed by atoms with Gasteiger partial charge in [-0.25, -0.2) is 9.78 Å². The molecule has 0 fully saturated rings. The molecule has 110 valence electrons. The Morgan fingerprint density at radius 3 is 3.05 bits per heavy atom. The minimum Gasteiger partial charge on any atom is -0.478 e. The van der Waals surface area contributed by atoms with Crippen LogP contribution >= 0.6 is 0 Å². The molecule has 0 amide bonds. The molecule has 1 aliphatic rings. The van der Waals surface area contributed by atoms with Gasteiger partial charge in [0.25, 0.3) is 0 Å². The predicted molar refractivity (Wildman–Crippen MR) is 80.7 cm³/mol. The van der Waals surface area contributed by atoms with Crippen LogP contribution in [0.15, 0.2) is 30.7 Å². The highest BCUT2D eigenvalue weighted by atomic mass is 16.4. The minimum absolute atomic E-state index is 0.370. The Morgan fingerprint density at radius 2 is 2.29 bits per heavy atom. The van der Waals surface area contributed by atoms with Gasteiger partial charge in [0.05, 0.1) is 24.1 Å². The third kappa shape index (κ3) is 2.63. The largest absolute Gasteiger partial charge is 0.478 e. The van der Waals surface area contributed by atoms with Crippen molar-refractivity contribution >= 4 is 11.7 Å². The number of carboxylic acid groups (broad SMARTS) is 1. The van der Waals surface area contributed by atoms with E-state index >= 15 is 0 Å². The highest BCUT2D eigenvalue weighted by Crippen LogP contribution is 2.29. The fraction of sp³-hybridized carbons (Fsp3) is 0.375. The van der Waals surface area contributed by atoms with Crippen molar-refractivity contribution in [2.24, 2.45) is 0 Å². The van der Waals surface area contributed by atoms with Crippen LogP contribution in [0.2, 0.25) is 0 Å². The fourth-order valence-corrected chi connectivity index (χ4v) is 2.93. The number of carbonyl (C=O) groups is 1. The van der Waals surface area contributed by atoms with Crippen LogP contribution in [0.1, 0.15) is 35.0 Å². The van der Waals surface area contributed by atoms with Crippen LogP contribution in [-0.4, -0.2) is 27.2 Å². The zero-order chi connectivity index (χ0) is 14.8. The van der Waals surface area contributed by atoms with Crippen molar-refractivity contribution in [3.8, 4) is 0 Å². The van der Waals surface area contributed by atoms with E-state index in [0.29, 0.717) is 5.56 Å². The topological polar surface area (TPSA) is 58.4 Å². The molecular formula is C16H19N3O2. The maximum absolute atomic E-state index is 11.1. The summed E-state index contributed by atoms with van der Waals surface area (Å²) >= 11 is 0. The van der Waals surface area contributed by atoms with Gasteiger partial charge >= 0.3 is 5.97 Å². The van der Waals surface area contributed by atoms with Crippen LogP contribution < -0.4 is 4.90 Å². The Kier molecular flexibility index (Phi) is 3.64. The summed E-state index contributed by atoms with van der Waals surface area (Å²) in [5, 5.41) is 9.10. The summed E-state index contributed by atoms with van der Waals surface area (Å²) in [5.41, 5.74) is 3.83. The number of fused-ring (bicyclic) bond motifs is 1. The summed E-state index contributed by atoms with van der Waals surface area (Å²) in [4.78, 5) is 17.6. The molecule has 0 atom stereocenters. The second kappa shape index (κ2) is 5.60. The first-order chi connectivity index (χ1) is 10.2. The summed E-state index contributed by atoms with van der Waals surface area (Å²) in [6.45, 7) is 4.82. The molecule has 0 unspecified atom stereocenters. The molecule has 2 aromatic rings. The van der Waals surface area contributed by atoms with Crippen molar-refractivity contribution in [2.45, 2.75) is 32.9 Å². The van der Waals surface area contributed by atoms with Crippen LogP contribution in [0.25, 0.3) is 0 Å². The molecule has 0 saturated carbocycles. The molecule has 0 saturated heterocycles. The highest BCUT2D eigenvalue weighted by molar-refractivity contribution is 5.88. The number of benzene rings is 1. The maximum atomic E-state index is 11.1. The Balaban J connectivity index is 1.88. The second-order valence-corrected chi connectivity index (χ2v) is 5.34. The number of nitrogens with zero attached hydrogens (tertiary/aromatic N) is 3. The monoisotopic (exact) mass is 285 g/mol. The predicted octanol–water partition coefficient (Wildman–Crippen LogP) is 2.55. The van der Waals surface area contributed by atoms with E-state index in [0.717, 1.165) is 43.7 Å². The van der Waals surface area contributed by atoms with Gasteiger partial charge in [0.1, 0.15) is 0 Å². The zero-order valence-electron chi connectivity index (χ0n) is 12.1. The fourth-order valence-electron chi connectivity index (χ4n) is 2.93. The summed E-state index contributed by atoms with van der Waals surface area (Å²) in [6, 6.07) is 5.43. The molecule has 0 radical (unpaired) electrons. The van der Waals surface area contributed by atoms with Crippen molar-refractivity contribution in [3.63, 3.8) is 0 Å². The van der Waals surface area contributed by atoms with Gasteiger partial charge < -0.3 is 14.6 Å². The smallest absolute Gasteiger partial charge is 0.335 e. The number of hydrogen-bond acceptors (Lipinski definition) is 3. The van der Waals surface area contributed by atoms with Gasteiger partial charge in [-0.05, 0) is 43.5 Å². The zero-order valence-corrected chi connectivity index (χ0v) is 12.1. The molecule has 2 heterocycles. The molecule has 1 aromatic heterocycles. The number of rotatable bonds is 4. The average Bonchev–Trinajstić information content (AvgIpc) is 2.94. The van der Waals surface area contributed by atoms with Gasteiger partial charge in [0.15, 0.2) is 0 Å². The van der Waals surface area contributed by atoms with E-state index in [4.69, 9.17) is 5.11 Å². The molecule has 3 rings (SSSR count). The van der Waals surface area contributed by atoms with Crippen LogP contribution in [0.4, 0.5) is 5.69 Å². The molecule has 1 aliphatic heterocycles. The van der Waals surface area contributed by atoms with Gasteiger partial charge in [-0.15, -0.1) is 0 Å². The normalized spacial score (nSPS) is 14.0. The van der Waals surface area contributed by atoms with E-state index in [1.165, 1.54) is 5.69 Å². The molecule has 1 N–H and O–H groups in total. The Labute approximate surface area is 123 Å². The quantitative estimate of drug-likeness (QED) is 0.938. The van der Waals surface area contributed by atoms with Crippen molar-refractivity contribution in [1.29, 1.82) is 0 Å². The van der Waals surface area contributed by atoms with Crippen molar-refractivity contribution in [3.05, 3.63) is 47.5 Å². The lowest BCUT2D eigenvalue weighted by Crippen LogP contribution is -2.29. The van der Waals surface area contributed by atoms with Crippen molar-refractivity contribution in [2.75, 3.05) is 11.4 Å². The van der Waals surface area contributed by atoms with E-state index in [9.17, 15) is 4.79 Å². The average molecular weight is 285 g/mol. The van der Waals surface area contributed by atoms with Gasteiger partial charge in [-0.2, -0.15) is 0 Å². The third-order valence-electron chi connectivity index (χ3n) is 4.03. The molecular weight excluding hydrogens is 266 g/mol. The van der Waals surface area contributed by atoms with Gasteiger partial charge in [-0.3, -0.25) is 0 Å². The van der Waals surface area contributed by atoms with E-state index in [-0.39, 0.29) is 0 Å². The summed E-state index contributed by atoms with van der Waals surface area (Å²) in [6.07, 6.45) is 5.76. The number of carboxylic acids is 1. The number of aromatic nitrogens is 2. The van der Waals surface area contributed by atoms with Crippen molar-refractivity contribution < 1.29 is 9.90 Å². The number of aryl methyl sites for hydroxylation is 2. The number of aromatic carboxylic acids is 1. The van der Waals surface area contributed by atoms with Gasteiger partial charge in [-0.1, -0.05) is 0 Å². The summed E-state index contributed by atoms with van der Waals surface area (Å²) in [5.74, 6) is -0.862. The van der Waals surface area contributed by atoms with Crippen LogP contribution in [0, 0.1) is 0 Å². The first-order valence-corrected chi connectivity index (χ1v) is 7.29.